The Morgan fingerprint density at radius 3 is 2.74 bits per heavy atom. The molecule has 0 amide bonds. The summed E-state index contributed by atoms with van der Waals surface area (Å²) in [5, 5.41) is 11.7. The monoisotopic (exact) mass is 333 g/mol. The highest BCUT2D eigenvalue weighted by atomic mass is 35.5. The molecular weight excluding hydrogens is 314 g/mol. The Balaban J connectivity index is 1.85. The summed E-state index contributed by atoms with van der Waals surface area (Å²) in [5.74, 6) is 1.79. The van der Waals surface area contributed by atoms with Crippen molar-refractivity contribution in [1.29, 1.82) is 0 Å². The zero-order valence-corrected chi connectivity index (χ0v) is 13.7. The second-order valence-corrected chi connectivity index (χ2v) is 6.59. The number of nitro groups is 1. The van der Waals surface area contributed by atoms with E-state index in [0.717, 1.165) is 24.2 Å². The van der Waals surface area contributed by atoms with Crippen molar-refractivity contribution in [2.24, 2.45) is 0 Å². The van der Waals surface area contributed by atoms with Crippen molar-refractivity contribution in [2.45, 2.75) is 50.9 Å². The summed E-state index contributed by atoms with van der Waals surface area (Å²) in [7, 11) is 0. The first kappa shape index (κ1) is 16.1. The molecule has 0 aliphatic heterocycles. The minimum absolute atomic E-state index is 0.204. The molecule has 3 rings (SSSR count). The van der Waals surface area contributed by atoms with Gasteiger partial charge < -0.3 is 4.74 Å². The van der Waals surface area contributed by atoms with Crippen molar-refractivity contribution < 1.29 is 9.66 Å². The van der Waals surface area contributed by atoms with Crippen LogP contribution >= 0.6 is 11.6 Å². The third-order valence-electron chi connectivity index (χ3n) is 4.53. The molecule has 1 aromatic rings. The fraction of sp³-hybridized carbons (Fsp3) is 0.444. The zero-order valence-electron chi connectivity index (χ0n) is 13.0. The third-order valence-corrected chi connectivity index (χ3v) is 4.77. The number of benzene rings is 1. The fourth-order valence-corrected chi connectivity index (χ4v) is 3.53. The number of halogens is 1. The van der Waals surface area contributed by atoms with E-state index in [1.165, 1.54) is 25.3 Å². The molecule has 122 valence electrons. The number of ether oxygens (including phenoxy) is 1. The summed E-state index contributed by atoms with van der Waals surface area (Å²) < 4.78 is 6.00. The minimum Gasteiger partial charge on any atom is -0.457 e. The van der Waals surface area contributed by atoms with Crippen LogP contribution in [0, 0.1) is 10.1 Å². The van der Waals surface area contributed by atoms with Crippen LogP contribution in [-0.4, -0.2) is 4.92 Å². The van der Waals surface area contributed by atoms with Gasteiger partial charge in [0.15, 0.2) is 0 Å². The number of hydrogen-bond acceptors (Lipinski definition) is 3. The molecule has 5 heteroatoms. The quantitative estimate of drug-likeness (QED) is 0.532. The molecule has 23 heavy (non-hydrogen) atoms. The lowest BCUT2D eigenvalue weighted by Crippen LogP contribution is -2.09. The molecule has 0 bridgehead atoms. The van der Waals surface area contributed by atoms with Crippen LogP contribution in [0.4, 0.5) is 0 Å². The van der Waals surface area contributed by atoms with Crippen LogP contribution in [0.1, 0.15) is 56.4 Å². The Morgan fingerprint density at radius 1 is 1.22 bits per heavy atom. The predicted octanol–water partition coefficient (Wildman–Crippen LogP) is 5.60. The normalized spacial score (nSPS) is 19.0. The van der Waals surface area contributed by atoms with E-state index in [4.69, 9.17) is 16.3 Å². The van der Waals surface area contributed by atoms with Crippen LogP contribution in [0.3, 0.4) is 0 Å². The molecule has 0 saturated heterocycles. The van der Waals surface area contributed by atoms with Gasteiger partial charge in [-0.15, -0.1) is 0 Å². The second-order valence-electron chi connectivity index (χ2n) is 6.16. The van der Waals surface area contributed by atoms with Crippen LogP contribution in [0.5, 0.6) is 5.75 Å². The molecule has 1 fully saturated rings. The van der Waals surface area contributed by atoms with Crippen molar-refractivity contribution in [3.63, 3.8) is 0 Å². The van der Waals surface area contributed by atoms with Crippen LogP contribution in [0.25, 0.3) is 0 Å². The van der Waals surface area contributed by atoms with Crippen LogP contribution in [0.2, 0.25) is 5.02 Å². The van der Waals surface area contributed by atoms with Gasteiger partial charge in [-0.3, -0.25) is 10.1 Å². The van der Waals surface area contributed by atoms with Gasteiger partial charge in [-0.1, -0.05) is 30.9 Å². The molecule has 0 atom stereocenters. The zero-order chi connectivity index (χ0) is 16.2. The second kappa shape index (κ2) is 7.18. The van der Waals surface area contributed by atoms with Gasteiger partial charge >= 0.3 is 0 Å². The number of allylic oxidation sites excluding steroid dienone is 3. The minimum atomic E-state index is -0.333. The Kier molecular flexibility index (Phi) is 5.01. The highest BCUT2D eigenvalue weighted by Crippen LogP contribution is 2.39. The van der Waals surface area contributed by atoms with Gasteiger partial charge in [-0.05, 0) is 55.0 Å². The van der Waals surface area contributed by atoms with Gasteiger partial charge in [-0.25, -0.2) is 0 Å². The van der Waals surface area contributed by atoms with Crippen LogP contribution in [-0.2, 0) is 0 Å². The first-order chi connectivity index (χ1) is 11.1. The van der Waals surface area contributed by atoms with E-state index in [1.54, 1.807) is 0 Å². The molecule has 1 aromatic carbocycles. The van der Waals surface area contributed by atoms with Crippen molar-refractivity contribution in [2.75, 3.05) is 0 Å². The van der Waals surface area contributed by atoms with Crippen molar-refractivity contribution in [1.82, 2.24) is 0 Å². The largest absolute Gasteiger partial charge is 0.457 e. The van der Waals surface area contributed by atoms with Crippen LogP contribution < -0.4 is 4.74 Å². The van der Waals surface area contributed by atoms with Crippen molar-refractivity contribution in [3.8, 4) is 5.75 Å². The Labute approximate surface area is 140 Å². The van der Waals surface area contributed by atoms with Crippen molar-refractivity contribution >= 4 is 11.6 Å². The average molecular weight is 334 g/mol. The molecule has 4 nitrogen and oxygen atoms in total. The lowest BCUT2D eigenvalue weighted by molar-refractivity contribution is -0.428. The van der Waals surface area contributed by atoms with Gasteiger partial charge in [0.1, 0.15) is 11.5 Å². The molecule has 0 unspecified atom stereocenters. The number of rotatable bonds is 4. The van der Waals surface area contributed by atoms with E-state index in [2.05, 4.69) is 0 Å². The van der Waals surface area contributed by atoms with E-state index in [0.29, 0.717) is 29.5 Å². The summed E-state index contributed by atoms with van der Waals surface area (Å²) in [6, 6.07) is 5.67. The third kappa shape index (κ3) is 3.94. The highest BCUT2D eigenvalue weighted by Gasteiger charge is 2.22. The molecule has 0 radical (unpaired) electrons. The maximum absolute atomic E-state index is 10.9. The summed E-state index contributed by atoms with van der Waals surface area (Å²) in [6.45, 7) is 0. The van der Waals surface area contributed by atoms with Gasteiger partial charge in [0.05, 0.1) is 11.0 Å². The summed E-state index contributed by atoms with van der Waals surface area (Å²) in [6.07, 6.45) is 10.6. The first-order valence-electron chi connectivity index (χ1n) is 8.16. The maximum Gasteiger partial charge on any atom is 0.250 e. The smallest absolute Gasteiger partial charge is 0.250 e. The molecule has 2 aliphatic carbocycles. The molecular formula is C18H20ClNO3. The number of nitrogens with zero attached hydrogens (tertiary/aromatic N) is 1. The fourth-order valence-electron chi connectivity index (χ4n) is 3.34. The predicted molar refractivity (Wildman–Crippen MR) is 90.3 cm³/mol. The average Bonchev–Trinajstić information content (AvgIpc) is 2.57. The van der Waals surface area contributed by atoms with Crippen molar-refractivity contribution in [3.05, 3.63) is 62.5 Å². The van der Waals surface area contributed by atoms with Crippen LogP contribution in [0.15, 0.2) is 41.8 Å². The molecule has 0 spiro atoms. The lowest BCUT2D eigenvalue weighted by atomic mass is 9.83. The standard InChI is InChI=1S/C18H20ClNO3/c19-14-9-10-18(17(11-14)13-5-2-1-3-6-13)23-16-8-4-7-15(12-16)20(21)22/h8-13H,1-7H2. The Bertz CT molecular complexity index is 660. The topological polar surface area (TPSA) is 52.4 Å². The van der Waals surface area contributed by atoms with Gasteiger partial charge in [-0.2, -0.15) is 0 Å². The lowest BCUT2D eigenvalue weighted by Gasteiger charge is -2.24. The van der Waals surface area contributed by atoms with Gasteiger partial charge in [0.25, 0.3) is 0 Å². The SMILES string of the molecule is O=[N+]([O-])C1=CC(Oc2ccc(Cl)cc2C2CCCCC2)=CCC1. The molecule has 0 heterocycles. The van der Waals surface area contributed by atoms with E-state index >= 15 is 0 Å². The van der Waals surface area contributed by atoms with E-state index < -0.39 is 0 Å². The maximum atomic E-state index is 10.9. The first-order valence-corrected chi connectivity index (χ1v) is 8.53. The van der Waals surface area contributed by atoms with E-state index in [9.17, 15) is 10.1 Å². The van der Waals surface area contributed by atoms with E-state index in [-0.39, 0.29) is 10.6 Å². The summed E-state index contributed by atoms with van der Waals surface area (Å²) in [5.41, 5.74) is 1.33. The summed E-state index contributed by atoms with van der Waals surface area (Å²) >= 11 is 6.17. The molecule has 0 aromatic heterocycles. The molecule has 0 N–H and O–H groups in total. The van der Waals surface area contributed by atoms with Gasteiger partial charge in [0.2, 0.25) is 5.70 Å². The summed E-state index contributed by atoms with van der Waals surface area (Å²) in [4.78, 5) is 10.6. The Hall–Kier alpha value is -1.81. The number of hydrogen-bond donors (Lipinski definition) is 0. The van der Waals surface area contributed by atoms with E-state index in [1.807, 2.05) is 24.3 Å². The Morgan fingerprint density at radius 2 is 2.00 bits per heavy atom. The molecule has 1 saturated carbocycles. The highest BCUT2D eigenvalue weighted by molar-refractivity contribution is 6.30. The van der Waals surface area contributed by atoms with Gasteiger partial charge in [0, 0.05) is 11.4 Å². The molecule has 2 aliphatic rings.